The van der Waals surface area contributed by atoms with E-state index in [4.69, 9.17) is 0 Å². The quantitative estimate of drug-likeness (QED) is 0.0167. The highest BCUT2D eigenvalue weighted by atomic mass is 32.2. The molecule has 1 unspecified atom stereocenters. The average Bonchev–Trinajstić information content (AvgIpc) is 4.34. The molecule has 3 heterocycles. The summed E-state index contributed by atoms with van der Waals surface area (Å²) in [6, 6.07) is 25.9. The third kappa shape index (κ3) is 17.1. The number of carbonyl (C=O) groups excluding carboxylic acids is 5. The van der Waals surface area contributed by atoms with E-state index in [0.29, 0.717) is 59.9 Å². The summed E-state index contributed by atoms with van der Waals surface area (Å²) >= 11 is 1.86. The number of sulfone groups is 1. The van der Waals surface area contributed by atoms with Gasteiger partial charge in [0.25, 0.3) is 0 Å². The number of rotatable bonds is 29. The fourth-order valence-electron chi connectivity index (χ4n) is 9.77. The van der Waals surface area contributed by atoms with Crippen molar-refractivity contribution >= 4 is 61.2 Å². The Hall–Kier alpha value is -6.46. The second kappa shape index (κ2) is 28.0. The van der Waals surface area contributed by atoms with Gasteiger partial charge in [0, 0.05) is 61.0 Å². The first-order valence-electron chi connectivity index (χ1n) is 27.8. The highest BCUT2D eigenvalue weighted by Gasteiger charge is 2.42. The lowest BCUT2D eigenvalue weighted by Crippen LogP contribution is -2.47. The Morgan fingerprint density at radius 2 is 1.46 bits per heavy atom. The number of nitrogens with one attached hydrogen (secondary N) is 5. The number of aliphatic hydroxyl groups is 1. The summed E-state index contributed by atoms with van der Waals surface area (Å²) in [6.45, 7) is 11.4. The van der Waals surface area contributed by atoms with Crippen LogP contribution < -0.4 is 26.6 Å². The maximum Gasteiger partial charge on any atom is 0.315 e. The summed E-state index contributed by atoms with van der Waals surface area (Å²) in [7, 11) is -8.43. The minimum Gasteiger partial charge on any atom is -0.390 e. The molecule has 0 aliphatic carbocycles. The van der Waals surface area contributed by atoms with Crippen molar-refractivity contribution in [2.75, 3.05) is 25.4 Å². The molecule has 81 heavy (non-hydrogen) atoms. The standard InChI is InChI=1S/C59H77N9O10S3/c1-39(2)35-67(81(77,78)48-19-15-18-47(33-48)80(75,76)46-29-27-44(28-30-46)59(4,5)6)37-51(69)40(3)68-36-45(65-66-68)34-61-57(73)49(32-41-23-25-43(26-24-41)56(72)42-16-9-7-10-17-42)62-54(71)22-11-8-14-31-60-53(70)21-13-12-20-52-55-50(38-79-52)63-58(74)64-55/h7,9-10,15-19,23-30,33,36,39-40,49-52,55,69H,8,11-14,20-22,31-32,34-35,37-38H2,1-6H3,(H,60,70)(H,61,73)(H,62,71)(H2,63,64,74)/t40-,49-,50-,51?,52-,55-/m0/s1. The van der Waals surface area contributed by atoms with Crippen molar-refractivity contribution in [2.45, 2.75) is 161 Å². The van der Waals surface area contributed by atoms with Gasteiger partial charge in [0.05, 0.1) is 51.7 Å². The van der Waals surface area contributed by atoms with E-state index in [2.05, 4.69) is 36.9 Å². The Morgan fingerprint density at radius 3 is 2.16 bits per heavy atom. The Labute approximate surface area is 480 Å². The first kappa shape index (κ1) is 62.1. The van der Waals surface area contributed by atoms with Gasteiger partial charge in [-0.2, -0.15) is 16.1 Å². The summed E-state index contributed by atoms with van der Waals surface area (Å²) in [5.74, 6) is -0.279. The fraction of sp³-hybridized carbons (Fsp3) is 0.475. The topological polar surface area (TPSA) is 268 Å². The highest BCUT2D eigenvalue weighted by molar-refractivity contribution is 8.00. The molecule has 4 aromatic carbocycles. The monoisotopic (exact) mass is 1170 g/mol. The van der Waals surface area contributed by atoms with Crippen LogP contribution in [-0.4, -0.2) is 126 Å². The van der Waals surface area contributed by atoms with Crippen LogP contribution >= 0.6 is 11.8 Å². The number of sulfonamides is 1. The van der Waals surface area contributed by atoms with Crippen LogP contribution in [0.4, 0.5) is 4.79 Å². The number of benzene rings is 4. The third-order valence-electron chi connectivity index (χ3n) is 14.5. The predicted octanol–water partition coefficient (Wildman–Crippen LogP) is 6.65. The molecule has 2 saturated heterocycles. The number of carbonyl (C=O) groups is 5. The molecule has 2 aliphatic heterocycles. The molecule has 5 aromatic rings. The first-order chi connectivity index (χ1) is 38.5. The van der Waals surface area contributed by atoms with Crippen LogP contribution in [0.3, 0.4) is 0 Å². The zero-order chi connectivity index (χ0) is 58.5. The van der Waals surface area contributed by atoms with Crippen molar-refractivity contribution in [2.24, 2.45) is 5.92 Å². The lowest BCUT2D eigenvalue weighted by molar-refractivity contribution is -0.129. The van der Waals surface area contributed by atoms with E-state index in [1.807, 2.05) is 52.4 Å². The molecule has 2 aliphatic rings. The Morgan fingerprint density at radius 1 is 0.778 bits per heavy atom. The number of urea groups is 1. The van der Waals surface area contributed by atoms with Crippen LogP contribution in [0.1, 0.15) is 132 Å². The van der Waals surface area contributed by atoms with Crippen LogP contribution in [0.5, 0.6) is 0 Å². The van der Waals surface area contributed by atoms with Crippen molar-refractivity contribution < 1.29 is 45.9 Å². The van der Waals surface area contributed by atoms with E-state index in [1.54, 1.807) is 67.6 Å². The van der Waals surface area contributed by atoms with Crippen LogP contribution in [0.15, 0.2) is 124 Å². The zero-order valence-corrected chi connectivity index (χ0v) is 49.4. The van der Waals surface area contributed by atoms with Crippen LogP contribution in [-0.2, 0) is 52.6 Å². The van der Waals surface area contributed by atoms with E-state index in [0.717, 1.165) is 41.0 Å². The van der Waals surface area contributed by atoms with Gasteiger partial charge >= 0.3 is 6.03 Å². The number of amides is 5. The maximum atomic E-state index is 14.3. The van der Waals surface area contributed by atoms with Crippen molar-refractivity contribution in [3.63, 3.8) is 0 Å². The third-order valence-corrected chi connectivity index (χ3v) is 19.6. The molecule has 0 bridgehead atoms. The van der Waals surface area contributed by atoms with Crippen LogP contribution in [0.25, 0.3) is 0 Å². The normalized spacial score (nSPS) is 17.4. The van der Waals surface area contributed by atoms with E-state index in [1.165, 1.54) is 41.2 Å². The van der Waals surface area contributed by atoms with Gasteiger partial charge in [0.15, 0.2) is 5.78 Å². The molecule has 7 rings (SSSR count). The van der Waals surface area contributed by atoms with Gasteiger partial charge in [-0.1, -0.05) is 125 Å². The molecule has 0 spiro atoms. The smallest absolute Gasteiger partial charge is 0.315 e. The molecule has 19 nitrogen and oxygen atoms in total. The van der Waals surface area contributed by atoms with Gasteiger partial charge in [-0.25, -0.2) is 26.3 Å². The molecular formula is C59H77N9O10S3. The summed E-state index contributed by atoms with van der Waals surface area (Å²) in [4.78, 5) is 64.3. The number of nitrogens with zero attached hydrogens (tertiary/aromatic N) is 4. The van der Waals surface area contributed by atoms with Gasteiger partial charge in [-0.15, -0.1) is 5.10 Å². The van der Waals surface area contributed by atoms with Gasteiger partial charge in [-0.05, 0) is 85.4 Å². The molecule has 0 saturated carbocycles. The number of hydrogen-bond donors (Lipinski definition) is 6. The molecule has 436 valence electrons. The highest BCUT2D eigenvalue weighted by Crippen LogP contribution is 2.34. The van der Waals surface area contributed by atoms with Crippen LogP contribution in [0, 0.1) is 5.92 Å². The molecule has 5 amide bonds. The van der Waals surface area contributed by atoms with Crippen molar-refractivity contribution in [3.05, 3.63) is 137 Å². The molecule has 6 atom stereocenters. The lowest BCUT2D eigenvalue weighted by atomic mass is 9.87. The second-order valence-electron chi connectivity index (χ2n) is 22.4. The van der Waals surface area contributed by atoms with Gasteiger partial charge in [0.1, 0.15) is 11.7 Å². The number of aliphatic hydroxyl groups excluding tert-OH is 1. The summed E-state index contributed by atoms with van der Waals surface area (Å²) < 4.78 is 58.6. The molecule has 2 fully saturated rings. The number of ketones is 1. The first-order valence-corrected chi connectivity index (χ1v) is 31.7. The van der Waals surface area contributed by atoms with Crippen molar-refractivity contribution in [3.8, 4) is 0 Å². The minimum absolute atomic E-state index is 0.0185. The number of unbranched alkanes of at least 4 members (excludes halogenated alkanes) is 3. The maximum absolute atomic E-state index is 14.3. The van der Waals surface area contributed by atoms with Crippen molar-refractivity contribution in [1.82, 2.24) is 45.9 Å². The van der Waals surface area contributed by atoms with E-state index in [9.17, 15) is 45.9 Å². The number of aromatic nitrogens is 3. The number of thioether (sulfide) groups is 1. The van der Waals surface area contributed by atoms with E-state index >= 15 is 0 Å². The second-order valence-corrected chi connectivity index (χ2v) is 27.6. The van der Waals surface area contributed by atoms with Gasteiger partial charge < -0.3 is 31.7 Å². The molecule has 6 N–H and O–H groups in total. The van der Waals surface area contributed by atoms with Crippen LogP contribution in [0.2, 0.25) is 0 Å². The summed E-state index contributed by atoms with van der Waals surface area (Å²) in [6.07, 6.45) is 5.36. The molecule has 1 aromatic heterocycles. The Balaban J connectivity index is 0.922. The average molecular weight is 1170 g/mol. The zero-order valence-electron chi connectivity index (χ0n) is 47.0. The number of hydrogen-bond acceptors (Lipinski definition) is 13. The van der Waals surface area contributed by atoms with Gasteiger partial charge in [-0.3, -0.25) is 19.2 Å². The van der Waals surface area contributed by atoms with Crippen molar-refractivity contribution in [1.29, 1.82) is 0 Å². The summed E-state index contributed by atoms with van der Waals surface area (Å²) in [5.41, 5.74) is 2.77. The Kier molecular flexibility index (Phi) is 21.5. The molecule has 22 heteroatoms. The fourth-order valence-corrected chi connectivity index (χ4v) is 14.4. The summed E-state index contributed by atoms with van der Waals surface area (Å²) in [5, 5.41) is 35.0. The molecular weight excluding hydrogens is 1090 g/mol. The Bertz CT molecular complexity index is 3190. The van der Waals surface area contributed by atoms with E-state index < -0.39 is 44.0 Å². The van der Waals surface area contributed by atoms with E-state index in [-0.39, 0.29) is 94.2 Å². The molecule has 0 radical (unpaired) electrons. The number of fused-ring (bicyclic) bond motifs is 1. The predicted molar refractivity (Wildman–Crippen MR) is 311 cm³/mol. The minimum atomic E-state index is -4.34. The lowest BCUT2D eigenvalue weighted by Gasteiger charge is -2.28. The van der Waals surface area contributed by atoms with Gasteiger partial charge in [0.2, 0.25) is 37.6 Å². The largest absolute Gasteiger partial charge is 0.390 e. The SMILES string of the molecule is CC(C)CN(CC(O)[C@H](C)n1cc(CNC(=O)[C@H](Cc2ccc(C(=O)c3ccccc3)cc2)NC(=O)CCCCCNC(=O)CCCC[C@@H]2SC[C@@H]3NC(=O)N[C@@H]32)nn1)S(=O)(=O)c1cccc(S(=O)(=O)c2ccc(C(C)(C)C)cc2)c1.